The molecule has 0 unspecified atom stereocenters. The molecule has 0 spiro atoms. The van der Waals surface area contributed by atoms with Gasteiger partial charge in [0, 0.05) is 30.7 Å². The van der Waals surface area contributed by atoms with Gasteiger partial charge in [-0.1, -0.05) is 6.07 Å². The molecule has 0 radical (unpaired) electrons. The van der Waals surface area contributed by atoms with Gasteiger partial charge in [0.05, 0.1) is 5.69 Å². The molecular formula is C11H12N4O2S. The van der Waals surface area contributed by atoms with Crippen molar-refractivity contribution in [1.82, 2.24) is 9.97 Å². The highest BCUT2D eigenvalue weighted by Crippen LogP contribution is 2.18. The maximum Gasteiger partial charge on any atom is 0.239 e. The average molecular weight is 264 g/mol. The Morgan fingerprint density at radius 3 is 2.50 bits per heavy atom. The van der Waals surface area contributed by atoms with Gasteiger partial charge in [-0.05, 0) is 17.7 Å². The Balaban J connectivity index is 2.44. The quantitative estimate of drug-likeness (QED) is 0.825. The molecule has 0 saturated heterocycles. The molecule has 6 nitrogen and oxygen atoms in total. The summed E-state index contributed by atoms with van der Waals surface area (Å²) < 4.78 is 22.4. The summed E-state index contributed by atoms with van der Waals surface area (Å²) in [7, 11) is -3.76. The molecule has 2 heterocycles. The van der Waals surface area contributed by atoms with Gasteiger partial charge in [-0.15, -0.1) is 0 Å². The molecular weight excluding hydrogens is 252 g/mol. The van der Waals surface area contributed by atoms with Crippen LogP contribution in [0.25, 0.3) is 11.3 Å². The molecule has 94 valence electrons. The number of nitrogens with two attached hydrogens (primary N) is 2. The maximum absolute atomic E-state index is 11.2. The van der Waals surface area contributed by atoms with Gasteiger partial charge in [0.25, 0.3) is 0 Å². The molecule has 4 N–H and O–H groups in total. The molecule has 0 bridgehead atoms. The van der Waals surface area contributed by atoms with Crippen LogP contribution in [0.1, 0.15) is 5.56 Å². The highest BCUT2D eigenvalue weighted by Gasteiger charge is 2.10. The number of primary sulfonamides is 1. The first-order valence-corrected chi connectivity index (χ1v) is 6.68. The standard InChI is InChI=1S/C11H12N4O2S/c12-4-8-1-2-11(15-5-8)9-3-10(7-14-6-9)18(13,16)17/h1-3,5-7H,4,12H2,(H2,13,16,17). The molecule has 2 rings (SSSR count). The van der Waals surface area contributed by atoms with Crippen LogP contribution >= 0.6 is 0 Å². The van der Waals surface area contributed by atoms with E-state index in [2.05, 4.69) is 9.97 Å². The van der Waals surface area contributed by atoms with E-state index in [9.17, 15) is 8.42 Å². The Labute approximate surface area is 105 Å². The Morgan fingerprint density at radius 2 is 1.94 bits per heavy atom. The zero-order chi connectivity index (χ0) is 13.2. The van der Waals surface area contributed by atoms with Gasteiger partial charge >= 0.3 is 0 Å². The van der Waals surface area contributed by atoms with E-state index in [1.54, 1.807) is 12.3 Å². The fourth-order valence-electron chi connectivity index (χ4n) is 1.43. The number of hydrogen-bond donors (Lipinski definition) is 2. The molecule has 0 aliphatic heterocycles. The minimum atomic E-state index is -3.76. The average Bonchev–Trinajstić information content (AvgIpc) is 2.38. The fraction of sp³-hybridized carbons (Fsp3) is 0.0909. The third-order valence-electron chi connectivity index (χ3n) is 2.40. The monoisotopic (exact) mass is 264 g/mol. The molecule has 0 fully saturated rings. The molecule has 2 aromatic rings. The second-order valence-electron chi connectivity index (χ2n) is 3.71. The molecule has 0 aliphatic carbocycles. The summed E-state index contributed by atoms with van der Waals surface area (Å²) in [5.74, 6) is 0. The van der Waals surface area contributed by atoms with Crippen molar-refractivity contribution in [3.05, 3.63) is 42.4 Å². The van der Waals surface area contributed by atoms with Crippen molar-refractivity contribution >= 4 is 10.0 Å². The SMILES string of the molecule is NCc1ccc(-c2cncc(S(N)(=O)=O)c2)nc1. The van der Waals surface area contributed by atoms with E-state index < -0.39 is 10.0 Å². The summed E-state index contributed by atoms with van der Waals surface area (Å²) in [6.07, 6.45) is 4.37. The van der Waals surface area contributed by atoms with Crippen molar-refractivity contribution in [3.8, 4) is 11.3 Å². The van der Waals surface area contributed by atoms with E-state index in [1.807, 2.05) is 6.07 Å². The van der Waals surface area contributed by atoms with Crippen molar-refractivity contribution in [2.24, 2.45) is 10.9 Å². The van der Waals surface area contributed by atoms with Crippen LogP contribution < -0.4 is 10.9 Å². The maximum atomic E-state index is 11.2. The van der Waals surface area contributed by atoms with Crippen molar-refractivity contribution < 1.29 is 8.42 Å². The van der Waals surface area contributed by atoms with Crippen LogP contribution in [-0.4, -0.2) is 18.4 Å². The predicted octanol–water partition coefficient (Wildman–Crippen LogP) is 0.250. The smallest absolute Gasteiger partial charge is 0.239 e. The van der Waals surface area contributed by atoms with Crippen LogP contribution in [0.15, 0.2) is 41.7 Å². The largest absolute Gasteiger partial charge is 0.326 e. The van der Waals surface area contributed by atoms with Gasteiger partial charge in [0.1, 0.15) is 4.90 Å². The Kier molecular flexibility index (Phi) is 3.37. The summed E-state index contributed by atoms with van der Waals surface area (Å²) in [6.45, 7) is 0.406. The third-order valence-corrected chi connectivity index (χ3v) is 3.28. The van der Waals surface area contributed by atoms with Crippen LogP contribution in [0.4, 0.5) is 0 Å². The van der Waals surface area contributed by atoms with Gasteiger partial charge in [-0.3, -0.25) is 9.97 Å². The van der Waals surface area contributed by atoms with Gasteiger partial charge in [0.2, 0.25) is 10.0 Å². The van der Waals surface area contributed by atoms with E-state index in [0.717, 1.165) is 5.56 Å². The van der Waals surface area contributed by atoms with Crippen LogP contribution in [0.5, 0.6) is 0 Å². The van der Waals surface area contributed by atoms with Crippen LogP contribution in [-0.2, 0) is 16.6 Å². The summed E-state index contributed by atoms with van der Waals surface area (Å²) in [4.78, 5) is 8.00. The number of hydrogen-bond acceptors (Lipinski definition) is 5. The summed E-state index contributed by atoms with van der Waals surface area (Å²) in [5.41, 5.74) is 7.57. The van der Waals surface area contributed by atoms with E-state index in [1.165, 1.54) is 18.5 Å². The lowest BCUT2D eigenvalue weighted by molar-refractivity contribution is 0.597. The first-order chi connectivity index (χ1) is 8.50. The predicted molar refractivity (Wildman–Crippen MR) is 66.7 cm³/mol. The molecule has 0 amide bonds. The lowest BCUT2D eigenvalue weighted by atomic mass is 10.1. The molecule has 0 aliphatic rings. The molecule has 7 heteroatoms. The summed E-state index contributed by atoms with van der Waals surface area (Å²) >= 11 is 0. The second kappa shape index (κ2) is 4.81. The van der Waals surface area contributed by atoms with E-state index in [-0.39, 0.29) is 4.90 Å². The number of nitrogens with zero attached hydrogens (tertiary/aromatic N) is 2. The Bertz CT molecular complexity index is 653. The first kappa shape index (κ1) is 12.6. The van der Waals surface area contributed by atoms with Crippen molar-refractivity contribution in [3.63, 3.8) is 0 Å². The van der Waals surface area contributed by atoms with Crippen molar-refractivity contribution in [2.45, 2.75) is 11.4 Å². The lowest BCUT2D eigenvalue weighted by Gasteiger charge is -2.03. The molecule has 2 aromatic heterocycles. The Morgan fingerprint density at radius 1 is 1.17 bits per heavy atom. The topological polar surface area (TPSA) is 112 Å². The Hall–Kier alpha value is -1.83. The van der Waals surface area contributed by atoms with Gasteiger partial charge in [-0.25, -0.2) is 13.6 Å². The first-order valence-electron chi connectivity index (χ1n) is 5.14. The lowest BCUT2D eigenvalue weighted by Crippen LogP contribution is -2.12. The summed E-state index contributed by atoms with van der Waals surface area (Å²) in [5, 5.41) is 5.04. The minimum absolute atomic E-state index is 0.0373. The van der Waals surface area contributed by atoms with Gasteiger partial charge in [-0.2, -0.15) is 0 Å². The van der Waals surface area contributed by atoms with E-state index in [4.69, 9.17) is 10.9 Å². The number of aromatic nitrogens is 2. The normalized spacial score (nSPS) is 11.4. The minimum Gasteiger partial charge on any atom is -0.326 e. The van der Waals surface area contributed by atoms with Crippen LogP contribution in [0, 0.1) is 0 Å². The molecule has 0 aromatic carbocycles. The van der Waals surface area contributed by atoms with E-state index in [0.29, 0.717) is 17.8 Å². The fourth-order valence-corrected chi connectivity index (χ4v) is 1.93. The van der Waals surface area contributed by atoms with Crippen LogP contribution in [0.3, 0.4) is 0 Å². The zero-order valence-electron chi connectivity index (χ0n) is 9.45. The number of sulfonamides is 1. The third kappa shape index (κ3) is 2.70. The highest BCUT2D eigenvalue weighted by molar-refractivity contribution is 7.89. The molecule has 0 saturated carbocycles. The van der Waals surface area contributed by atoms with Gasteiger partial charge in [0.15, 0.2) is 0 Å². The molecule has 0 atom stereocenters. The highest BCUT2D eigenvalue weighted by atomic mass is 32.2. The van der Waals surface area contributed by atoms with Crippen molar-refractivity contribution in [2.75, 3.05) is 0 Å². The zero-order valence-corrected chi connectivity index (χ0v) is 10.3. The van der Waals surface area contributed by atoms with Gasteiger partial charge < -0.3 is 5.73 Å². The summed E-state index contributed by atoms with van der Waals surface area (Å²) in [6, 6.07) is 5.02. The van der Waals surface area contributed by atoms with Crippen molar-refractivity contribution in [1.29, 1.82) is 0 Å². The number of pyridine rings is 2. The van der Waals surface area contributed by atoms with Crippen LogP contribution in [0.2, 0.25) is 0 Å². The molecule has 18 heavy (non-hydrogen) atoms. The second-order valence-corrected chi connectivity index (χ2v) is 5.27. The van der Waals surface area contributed by atoms with E-state index >= 15 is 0 Å². The number of rotatable bonds is 3.